The highest BCUT2D eigenvalue weighted by atomic mass is 127. The number of aryl methyl sites for hydroxylation is 1. The molecule has 4 aromatic rings. The molecule has 0 bridgehead atoms. The highest BCUT2D eigenvalue weighted by molar-refractivity contribution is 14.1. The molecule has 0 unspecified atom stereocenters. The number of amides is 1. The van der Waals surface area contributed by atoms with Gasteiger partial charge in [0.1, 0.15) is 5.75 Å². The number of carbonyl (C=O) groups is 1. The van der Waals surface area contributed by atoms with Crippen molar-refractivity contribution in [1.82, 2.24) is 20.2 Å². The molecular weight excluding hydrogens is 676 g/mol. The van der Waals surface area contributed by atoms with Crippen molar-refractivity contribution >= 4 is 69.1 Å². The van der Waals surface area contributed by atoms with Crippen LogP contribution in [0.25, 0.3) is 17.1 Å². The number of rotatable bonds is 7. The minimum atomic E-state index is -0.291. The number of benzene rings is 3. The van der Waals surface area contributed by atoms with Gasteiger partial charge in [0.25, 0.3) is 5.91 Å². The van der Waals surface area contributed by atoms with Gasteiger partial charge in [-0.1, -0.05) is 59.8 Å². The van der Waals surface area contributed by atoms with Gasteiger partial charge < -0.3 is 5.11 Å². The van der Waals surface area contributed by atoms with Gasteiger partial charge in [-0.05, 0) is 76.4 Å². The fraction of sp³-hybridized carbons (Fsp3) is 0.0833. The van der Waals surface area contributed by atoms with Crippen LogP contribution in [0.4, 0.5) is 0 Å². The first-order valence-corrected chi connectivity index (χ1v) is 13.3. The normalized spacial score (nSPS) is 11.1. The van der Waals surface area contributed by atoms with E-state index in [1.165, 1.54) is 18.0 Å². The van der Waals surface area contributed by atoms with Crippen molar-refractivity contribution in [1.29, 1.82) is 0 Å². The van der Waals surface area contributed by atoms with Crippen molar-refractivity contribution in [2.75, 3.05) is 5.75 Å². The standard InChI is InChI=1S/C24H19I2N5O2S/c1-15-7-9-16(10-8-15)23-29-30-24(31(23)19-5-3-2-4-6-19)34-14-21(32)28-27-13-17-11-18(25)12-20(26)22(17)33/h2-13,33H,14H2,1H3,(H,28,32). The number of halogens is 2. The number of hydrogen-bond acceptors (Lipinski definition) is 6. The van der Waals surface area contributed by atoms with Crippen molar-refractivity contribution in [2.45, 2.75) is 12.1 Å². The molecule has 1 heterocycles. The fourth-order valence-electron chi connectivity index (χ4n) is 3.08. The largest absolute Gasteiger partial charge is 0.506 e. The lowest BCUT2D eigenvalue weighted by molar-refractivity contribution is -0.118. The first-order chi connectivity index (χ1) is 16.4. The molecule has 0 saturated heterocycles. The van der Waals surface area contributed by atoms with E-state index in [9.17, 15) is 9.90 Å². The maximum absolute atomic E-state index is 12.4. The third-order valence-electron chi connectivity index (χ3n) is 4.74. The quantitative estimate of drug-likeness (QED) is 0.117. The fourth-order valence-corrected chi connectivity index (χ4v) is 5.72. The number of phenols is 1. The van der Waals surface area contributed by atoms with Gasteiger partial charge in [0.2, 0.25) is 0 Å². The summed E-state index contributed by atoms with van der Waals surface area (Å²) < 4.78 is 3.63. The Kier molecular flexibility index (Phi) is 8.21. The Hall–Kier alpha value is -2.45. The number of nitrogens with zero attached hydrogens (tertiary/aromatic N) is 4. The lowest BCUT2D eigenvalue weighted by atomic mass is 10.1. The third-order valence-corrected chi connectivity index (χ3v) is 7.11. The van der Waals surface area contributed by atoms with Gasteiger partial charge in [0.15, 0.2) is 11.0 Å². The maximum Gasteiger partial charge on any atom is 0.250 e. The van der Waals surface area contributed by atoms with E-state index in [1.807, 2.05) is 72.2 Å². The summed E-state index contributed by atoms with van der Waals surface area (Å²) >= 11 is 5.49. The highest BCUT2D eigenvalue weighted by Crippen LogP contribution is 2.28. The minimum Gasteiger partial charge on any atom is -0.506 e. The molecule has 34 heavy (non-hydrogen) atoms. The summed E-state index contributed by atoms with van der Waals surface area (Å²) in [6.45, 7) is 2.04. The summed E-state index contributed by atoms with van der Waals surface area (Å²) in [5.74, 6) is 0.649. The average Bonchev–Trinajstić information content (AvgIpc) is 3.25. The number of aromatic nitrogens is 3. The second-order valence-electron chi connectivity index (χ2n) is 7.25. The van der Waals surface area contributed by atoms with E-state index in [-0.39, 0.29) is 17.4 Å². The predicted octanol–water partition coefficient (Wildman–Crippen LogP) is 5.40. The number of aromatic hydroxyl groups is 1. The van der Waals surface area contributed by atoms with Crippen molar-refractivity contribution in [3.05, 3.63) is 85.0 Å². The summed E-state index contributed by atoms with van der Waals surface area (Å²) in [4.78, 5) is 12.4. The van der Waals surface area contributed by atoms with Crippen LogP contribution >= 0.6 is 56.9 Å². The number of nitrogens with one attached hydrogen (secondary N) is 1. The molecule has 3 aromatic carbocycles. The zero-order chi connectivity index (χ0) is 24.1. The topological polar surface area (TPSA) is 92.4 Å². The van der Waals surface area contributed by atoms with Gasteiger partial charge in [0.05, 0.1) is 15.5 Å². The molecule has 0 fully saturated rings. The maximum atomic E-state index is 12.4. The molecule has 0 aliphatic heterocycles. The molecule has 1 aromatic heterocycles. The smallest absolute Gasteiger partial charge is 0.250 e. The van der Waals surface area contributed by atoms with Crippen LogP contribution in [0.1, 0.15) is 11.1 Å². The minimum absolute atomic E-state index is 0.103. The van der Waals surface area contributed by atoms with Crippen LogP contribution in [-0.4, -0.2) is 37.7 Å². The molecule has 0 radical (unpaired) electrons. The summed E-state index contributed by atoms with van der Waals surface area (Å²) in [6.07, 6.45) is 1.43. The van der Waals surface area contributed by atoms with Crippen LogP contribution in [0.15, 0.2) is 77.0 Å². The first-order valence-electron chi connectivity index (χ1n) is 10.1. The molecular formula is C24H19I2N5O2S. The average molecular weight is 695 g/mol. The molecule has 10 heteroatoms. The van der Waals surface area contributed by atoms with Crippen LogP contribution < -0.4 is 5.43 Å². The van der Waals surface area contributed by atoms with Gasteiger partial charge in [-0.2, -0.15) is 5.10 Å². The summed E-state index contributed by atoms with van der Waals surface area (Å²) in [5.41, 5.74) is 6.06. The predicted molar refractivity (Wildman–Crippen MR) is 152 cm³/mol. The van der Waals surface area contributed by atoms with Crippen molar-refractivity contribution in [2.24, 2.45) is 5.10 Å². The summed E-state index contributed by atoms with van der Waals surface area (Å²) in [5, 5.41) is 23.5. The Morgan fingerprint density at radius 3 is 2.59 bits per heavy atom. The molecule has 0 saturated carbocycles. The van der Waals surface area contributed by atoms with Crippen LogP contribution in [-0.2, 0) is 4.79 Å². The molecule has 4 rings (SSSR count). The molecule has 7 nitrogen and oxygen atoms in total. The molecule has 0 atom stereocenters. The third kappa shape index (κ3) is 5.96. The second-order valence-corrected chi connectivity index (χ2v) is 10.6. The number of para-hydroxylation sites is 1. The first kappa shape index (κ1) is 24.7. The number of thioether (sulfide) groups is 1. The summed E-state index contributed by atoms with van der Waals surface area (Å²) in [6, 6.07) is 21.5. The lowest BCUT2D eigenvalue weighted by Gasteiger charge is -2.10. The van der Waals surface area contributed by atoms with Crippen molar-refractivity contribution < 1.29 is 9.90 Å². The van der Waals surface area contributed by atoms with E-state index >= 15 is 0 Å². The number of hydrazone groups is 1. The number of phenolic OH excluding ortho intramolecular Hbond substituents is 1. The van der Waals surface area contributed by atoms with Gasteiger partial charge in [-0.3, -0.25) is 9.36 Å². The van der Waals surface area contributed by atoms with Crippen LogP contribution in [0.2, 0.25) is 0 Å². The van der Waals surface area contributed by atoms with Crippen LogP contribution in [0, 0.1) is 14.1 Å². The highest BCUT2D eigenvalue weighted by Gasteiger charge is 2.17. The molecule has 0 aliphatic rings. The Morgan fingerprint density at radius 1 is 1.12 bits per heavy atom. The molecule has 1 amide bonds. The van der Waals surface area contributed by atoms with Crippen LogP contribution in [0.5, 0.6) is 5.75 Å². The van der Waals surface area contributed by atoms with E-state index in [0.29, 0.717) is 16.5 Å². The molecule has 0 spiro atoms. The number of carbonyl (C=O) groups excluding carboxylic acids is 1. The second kappa shape index (κ2) is 11.3. The van der Waals surface area contributed by atoms with Gasteiger partial charge in [0, 0.05) is 20.4 Å². The van der Waals surface area contributed by atoms with Crippen LogP contribution in [0.3, 0.4) is 0 Å². The lowest BCUT2D eigenvalue weighted by Crippen LogP contribution is -2.20. The van der Waals surface area contributed by atoms with Crippen molar-refractivity contribution in [3.8, 4) is 22.8 Å². The SMILES string of the molecule is Cc1ccc(-c2nnc(SCC(=O)NN=Cc3cc(I)cc(I)c3O)n2-c2ccccc2)cc1. The van der Waals surface area contributed by atoms with E-state index in [2.05, 4.69) is 65.9 Å². The van der Waals surface area contributed by atoms with Gasteiger partial charge in [-0.25, -0.2) is 5.43 Å². The summed E-state index contributed by atoms with van der Waals surface area (Å²) in [7, 11) is 0. The van der Waals surface area contributed by atoms with E-state index in [0.717, 1.165) is 24.0 Å². The Morgan fingerprint density at radius 2 is 1.85 bits per heavy atom. The van der Waals surface area contributed by atoms with Gasteiger partial charge >= 0.3 is 0 Å². The Labute approximate surface area is 228 Å². The molecule has 2 N–H and O–H groups in total. The monoisotopic (exact) mass is 695 g/mol. The van der Waals surface area contributed by atoms with E-state index in [1.54, 1.807) is 6.07 Å². The molecule has 172 valence electrons. The van der Waals surface area contributed by atoms with E-state index in [4.69, 9.17) is 0 Å². The Bertz CT molecular complexity index is 1340. The zero-order valence-corrected chi connectivity index (χ0v) is 23.1. The van der Waals surface area contributed by atoms with Gasteiger partial charge in [-0.15, -0.1) is 10.2 Å². The van der Waals surface area contributed by atoms with E-state index < -0.39 is 0 Å². The molecule has 0 aliphatic carbocycles. The zero-order valence-electron chi connectivity index (χ0n) is 17.9. The number of hydrogen-bond donors (Lipinski definition) is 2. The Balaban J connectivity index is 1.50. The van der Waals surface area contributed by atoms with Crippen molar-refractivity contribution in [3.63, 3.8) is 0 Å².